The molecular formula is C21H26N6O2. The maximum atomic E-state index is 12.2. The summed E-state index contributed by atoms with van der Waals surface area (Å²) in [6.45, 7) is 5.74. The van der Waals surface area contributed by atoms with Crippen molar-refractivity contribution in [3.63, 3.8) is 0 Å². The van der Waals surface area contributed by atoms with Gasteiger partial charge in [-0.15, -0.1) is 10.2 Å². The number of aryl methyl sites for hydroxylation is 1. The molecule has 0 fully saturated rings. The zero-order chi connectivity index (χ0) is 20.5. The van der Waals surface area contributed by atoms with Crippen molar-refractivity contribution in [3.8, 4) is 11.6 Å². The molecule has 0 saturated heterocycles. The van der Waals surface area contributed by atoms with Gasteiger partial charge in [-0.05, 0) is 55.8 Å². The molecule has 1 amide bonds. The maximum Gasteiger partial charge on any atom is 0.251 e. The Kier molecular flexibility index (Phi) is 7.16. The van der Waals surface area contributed by atoms with Crippen molar-refractivity contribution in [3.05, 3.63) is 59.9 Å². The molecule has 0 aliphatic rings. The fourth-order valence-electron chi connectivity index (χ4n) is 2.59. The summed E-state index contributed by atoms with van der Waals surface area (Å²) >= 11 is 0. The molecule has 8 heteroatoms. The molecule has 0 radical (unpaired) electrons. The molecular weight excluding hydrogens is 368 g/mol. The van der Waals surface area contributed by atoms with Crippen molar-refractivity contribution in [2.75, 3.05) is 25.0 Å². The number of nitrogens with zero attached hydrogens (tertiary/aromatic N) is 4. The molecule has 3 aromatic rings. The van der Waals surface area contributed by atoms with Crippen LogP contribution in [0.15, 0.2) is 48.7 Å². The summed E-state index contributed by atoms with van der Waals surface area (Å²) < 4.78 is 7.28. The third-order valence-corrected chi connectivity index (χ3v) is 4.21. The van der Waals surface area contributed by atoms with E-state index in [1.165, 1.54) is 0 Å². The smallest absolute Gasteiger partial charge is 0.251 e. The first kappa shape index (κ1) is 20.3. The number of hydrogen-bond acceptors (Lipinski definition) is 6. The van der Waals surface area contributed by atoms with Gasteiger partial charge in [-0.2, -0.15) is 5.10 Å². The number of amides is 1. The Morgan fingerprint density at radius 2 is 1.90 bits per heavy atom. The number of aromatic nitrogens is 4. The second kappa shape index (κ2) is 10.2. The highest BCUT2D eigenvalue weighted by molar-refractivity contribution is 5.94. The van der Waals surface area contributed by atoms with Crippen molar-refractivity contribution in [2.45, 2.75) is 26.7 Å². The molecule has 0 spiro atoms. The predicted octanol–water partition coefficient (Wildman–Crippen LogP) is 2.99. The fourth-order valence-corrected chi connectivity index (χ4v) is 2.59. The van der Waals surface area contributed by atoms with Gasteiger partial charge in [-0.25, -0.2) is 4.68 Å². The minimum Gasteiger partial charge on any atom is -0.494 e. The summed E-state index contributed by atoms with van der Waals surface area (Å²) in [5.74, 6) is 1.95. The quantitative estimate of drug-likeness (QED) is 0.514. The number of carbonyl (C=O) groups excluding carboxylic acids is 1. The van der Waals surface area contributed by atoms with Gasteiger partial charge in [0.1, 0.15) is 11.6 Å². The van der Waals surface area contributed by atoms with Crippen LogP contribution in [0.2, 0.25) is 0 Å². The Bertz CT molecular complexity index is 906. The first-order chi connectivity index (χ1) is 14.2. The highest BCUT2D eigenvalue weighted by Crippen LogP contribution is 2.12. The van der Waals surface area contributed by atoms with E-state index in [0.29, 0.717) is 36.9 Å². The van der Waals surface area contributed by atoms with Crippen LogP contribution < -0.4 is 15.4 Å². The van der Waals surface area contributed by atoms with Crippen LogP contribution in [0.4, 0.5) is 5.82 Å². The Morgan fingerprint density at radius 3 is 2.55 bits per heavy atom. The van der Waals surface area contributed by atoms with E-state index in [-0.39, 0.29) is 5.91 Å². The van der Waals surface area contributed by atoms with Crippen molar-refractivity contribution >= 4 is 11.7 Å². The summed E-state index contributed by atoms with van der Waals surface area (Å²) in [6.07, 6.45) is 3.95. The van der Waals surface area contributed by atoms with Gasteiger partial charge < -0.3 is 15.4 Å². The Hall–Kier alpha value is -3.42. The van der Waals surface area contributed by atoms with Crippen LogP contribution in [0.3, 0.4) is 0 Å². The Balaban J connectivity index is 1.40. The number of ether oxygens (including phenoxy) is 1. The van der Waals surface area contributed by atoms with Gasteiger partial charge in [0.15, 0.2) is 5.82 Å². The summed E-state index contributed by atoms with van der Waals surface area (Å²) in [4.78, 5) is 12.2. The first-order valence-electron chi connectivity index (χ1n) is 9.77. The van der Waals surface area contributed by atoms with E-state index in [1.807, 2.05) is 43.5 Å². The Morgan fingerprint density at radius 1 is 1.07 bits per heavy atom. The first-order valence-corrected chi connectivity index (χ1v) is 9.77. The van der Waals surface area contributed by atoms with Crippen LogP contribution >= 0.6 is 0 Å². The zero-order valence-corrected chi connectivity index (χ0v) is 16.8. The molecule has 0 aliphatic heterocycles. The highest BCUT2D eigenvalue weighted by Gasteiger charge is 2.06. The van der Waals surface area contributed by atoms with E-state index in [9.17, 15) is 4.79 Å². The summed E-state index contributed by atoms with van der Waals surface area (Å²) in [6, 6.07) is 12.8. The number of anilines is 1. The summed E-state index contributed by atoms with van der Waals surface area (Å²) in [5, 5.41) is 18.6. The van der Waals surface area contributed by atoms with Crippen LogP contribution in [-0.4, -0.2) is 45.6 Å². The zero-order valence-electron chi connectivity index (χ0n) is 16.8. The van der Waals surface area contributed by atoms with Gasteiger partial charge in [0.25, 0.3) is 5.91 Å². The lowest BCUT2D eigenvalue weighted by Crippen LogP contribution is -2.28. The minimum atomic E-state index is -0.123. The number of benzene rings is 1. The van der Waals surface area contributed by atoms with Crippen molar-refractivity contribution in [1.82, 2.24) is 25.3 Å². The van der Waals surface area contributed by atoms with E-state index >= 15 is 0 Å². The van der Waals surface area contributed by atoms with Crippen LogP contribution in [0.25, 0.3) is 5.82 Å². The van der Waals surface area contributed by atoms with E-state index in [4.69, 9.17) is 4.74 Å². The molecule has 0 unspecified atom stereocenters. The van der Waals surface area contributed by atoms with Crippen molar-refractivity contribution < 1.29 is 9.53 Å². The number of unbranched alkanes of at least 4 members (excludes halogenated alkanes) is 1. The van der Waals surface area contributed by atoms with E-state index in [1.54, 1.807) is 16.8 Å². The second-order valence-corrected chi connectivity index (χ2v) is 6.59. The fraction of sp³-hybridized carbons (Fsp3) is 0.333. The Labute approximate surface area is 170 Å². The molecule has 0 bridgehead atoms. The standard InChI is InChI=1S/C21H26N6O2/c1-3-4-15-29-18-7-5-17(6-8-18)21(28)23-13-12-22-19-9-10-20(25-24-19)27-14-11-16(2)26-27/h5-11,14H,3-4,12-13,15H2,1-2H3,(H,22,24)(H,23,28). The predicted molar refractivity (Wildman–Crippen MR) is 112 cm³/mol. The second-order valence-electron chi connectivity index (χ2n) is 6.59. The van der Waals surface area contributed by atoms with Crippen LogP contribution in [-0.2, 0) is 0 Å². The SMILES string of the molecule is CCCCOc1ccc(C(=O)NCCNc2ccc(-n3ccc(C)n3)nn2)cc1. The molecule has 152 valence electrons. The van der Waals surface area contributed by atoms with Gasteiger partial charge in [0, 0.05) is 24.8 Å². The van der Waals surface area contributed by atoms with E-state index in [0.717, 1.165) is 24.3 Å². The van der Waals surface area contributed by atoms with Crippen LogP contribution in [0, 0.1) is 6.92 Å². The monoisotopic (exact) mass is 394 g/mol. The van der Waals surface area contributed by atoms with E-state index in [2.05, 4.69) is 32.9 Å². The molecule has 8 nitrogen and oxygen atoms in total. The van der Waals surface area contributed by atoms with Crippen LogP contribution in [0.5, 0.6) is 5.75 Å². The molecule has 2 aromatic heterocycles. The normalized spacial score (nSPS) is 10.6. The lowest BCUT2D eigenvalue weighted by Gasteiger charge is -2.09. The van der Waals surface area contributed by atoms with Gasteiger partial charge >= 0.3 is 0 Å². The van der Waals surface area contributed by atoms with Crippen LogP contribution in [0.1, 0.15) is 35.8 Å². The summed E-state index contributed by atoms with van der Waals surface area (Å²) in [7, 11) is 0. The lowest BCUT2D eigenvalue weighted by molar-refractivity contribution is 0.0955. The number of carbonyl (C=O) groups is 1. The molecule has 1 aromatic carbocycles. The molecule has 2 N–H and O–H groups in total. The molecule has 3 rings (SSSR count). The largest absolute Gasteiger partial charge is 0.494 e. The molecule has 2 heterocycles. The van der Waals surface area contributed by atoms with Gasteiger partial charge in [0.2, 0.25) is 0 Å². The van der Waals surface area contributed by atoms with Crippen molar-refractivity contribution in [2.24, 2.45) is 0 Å². The lowest BCUT2D eigenvalue weighted by atomic mass is 10.2. The average molecular weight is 394 g/mol. The molecule has 0 atom stereocenters. The molecule has 0 aliphatic carbocycles. The van der Waals surface area contributed by atoms with Gasteiger partial charge in [-0.3, -0.25) is 4.79 Å². The topological polar surface area (TPSA) is 94.0 Å². The highest BCUT2D eigenvalue weighted by atomic mass is 16.5. The number of nitrogens with one attached hydrogen (secondary N) is 2. The van der Waals surface area contributed by atoms with Gasteiger partial charge in [-0.1, -0.05) is 13.3 Å². The number of rotatable bonds is 10. The third-order valence-electron chi connectivity index (χ3n) is 4.21. The van der Waals surface area contributed by atoms with E-state index < -0.39 is 0 Å². The maximum absolute atomic E-state index is 12.2. The minimum absolute atomic E-state index is 0.123. The number of hydrogen-bond donors (Lipinski definition) is 2. The van der Waals surface area contributed by atoms with Gasteiger partial charge in [0.05, 0.1) is 12.3 Å². The molecule has 29 heavy (non-hydrogen) atoms. The average Bonchev–Trinajstić information content (AvgIpc) is 3.18. The summed E-state index contributed by atoms with van der Waals surface area (Å²) in [5.41, 5.74) is 1.52. The van der Waals surface area contributed by atoms with Crippen molar-refractivity contribution in [1.29, 1.82) is 0 Å². The molecule has 0 saturated carbocycles. The third kappa shape index (κ3) is 6.03.